The maximum Gasteiger partial charge on any atom is 0.252 e. The van der Waals surface area contributed by atoms with Crippen molar-refractivity contribution in [3.63, 3.8) is 0 Å². The van der Waals surface area contributed by atoms with E-state index in [-0.39, 0.29) is 11.8 Å². The summed E-state index contributed by atoms with van der Waals surface area (Å²) in [5.41, 5.74) is 0.469. The molecule has 120 valence electrons. The second-order valence-corrected chi connectivity index (χ2v) is 6.15. The summed E-state index contributed by atoms with van der Waals surface area (Å²) in [6.45, 7) is 2.60. The monoisotopic (exact) mass is 322 g/mol. The first-order chi connectivity index (χ1) is 10.6. The summed E-state index contributed by atoms with van der Waals surface area (Å²) in [4.78, 5) is 25.8. The molecule has 22 heavy (non-hydrogen) atoms. The highest BCUT2D eigenvalue weighted by atomic mass is 35.5. The van der Waals surface area contributed by atoms with Crippen LogP contribution in [-0.4, -0.2) is 35.8 Å². The highest BCUT2D eigenvalue weighted by Gasteiger charge is 2.22. The summed E-state index contributed by atoms with van der Waals surface area (Å²) >= 11 is 6.01. The van der Waals surface area contributed by atoms with Crippen LogP contribution < -0.4 is 5.32 Å². The van der Waals surface area contributed by atoms with E-state index in [1.165, 1.54) is 19.3 Å². The molecular formula is C17H23ClN2O2. The van der Waals surface area contributed by atoms with E-state index in [1.807, 2.05) is 4.90 Å². The molecule has 0 heterocycles. The number of halogens is 1. The number of nitrogens with one attached hydrogen (secondary N) is 1. The number of rotatable bonds is 5. The molecule has 0 saturated heterocycles. The van der Waals surface area contributed by atoms with Gasteiger partial charge in [-0.05, 0) is 25.0 Å². The van der Waals surface area contributed by atoms with Crippen molar-refractivity contribution in [2.45, 2.75) is 45.1 Å². The fourth-order valence-electron chi connectivity index (χ4n) is 3.02. The SMILES string of the molecule is CC(=O)N(CCNC(=O)c1ccccc1Cl)C1CCCCC1. The van der Waals surface area contributed by atoms with Crippen LogP contribution in [0.4, 0.5) is 0 Å². The second-order valence-electron chi connectivity index (χ2n) is 5.74. The zero-order valence-corrected chi connectivity index (χ0v) is 13.7. The Morgan fingerprint density at radius 2 is 1.91 bits per heavy atom. The number of carbonyl (C=O) groups is 2. The predicted octanol–water partition coefficient (Wildman–Crippen LogP) is 3.25. The van der Waals surface area contributed by atoms with Gasteiger partial charge in [0.2, 0.25) is 5.91 Å². The molecular weight excluding hydrogens is 300 g/mol. The minimum atomic E-state index is -0.197. The summed E-state index contributed by atoms with van der Waals surface area (Å²) in [6, 6.07) is 7.29. The van der Waals surface area contributed by atoms with Crippen molar-refractivity contribution in [1.82, 2.24) is 10.2 Å². The van der Waals surface area contributed by atoms with Crippen LogP contribution in [0.5, 0.6) is 0 Å². The van der Waals surface area contributed by atoms with Crippen LogP contribution in [0.15, 0.2) is 24.3 Å². The van der Waals surface area contributed by atoms with Gasteiger partial charge in [-0.3, -0.25) is 9.59 Å². The Hall–Kier alpha value is -1.55. The molecule has 1 aliphatic carbocycles. The molecule has 4 nitrogen and oxygen atoms in total. The van der Waals surface area contributed by atoms with Crippen molar-refractivity contribution in [3.8, 4) is 0 Å². The van der Waals surface area contributed by atoms with Crippen LogP contribution in [0.3, 0.4) is 0 Å². The summed E-state index contributed by atoms with van der Waals surface area (Å²) in [6.07, 6.45) is 5.75. The molecule has 1 saturated carbocycles. The predicted molar refractivity (Wildman–Crippen MR) is 88.0 cm³/mol. The maximum absolute atomic E-state index is 12.1. The molecule has 1 fully saturated rings. The van der Waals surface area contributed by atoms with Gasteiger partial charge >= 0.3 is 0 Å². The van der Waals surface area contributed by atoms with Crippen molar-refractivity contribution in [1.29, 1.82) is 0 Å². The van der Waals surface area contributed by atoms with Crippen LogP contribution in [-0.2, 0) is 4.79 Å². The van der Waals surface area contributed by atoms with E-state index >= 15 is 0 Å². The quantitative estimate of drug-likeness (QED) is 0.904. The van der Waals surface area contributed by atoms with E-state index in [9.17, 15) is 9.59 Å². The van der Waals surface area contributed by atoms with Crippen LogP contribution in [0.2, 0.25) is 5.02 Å². The number of hydrogen-bond acceptors (Lipinski definition) is 2. The standard InChI is InChI=1S/C17H23ClN2O2/c1-13(21)20(14-7-3-2-4-8-14)12-11-19-17(22)15-9-5-6-10-16(15)18/h5-6,9-10,14H,2-4,7-8,11-12H2,1H3,(H,19,22). The molecule has 0 atom stereocenters. The van der Waals surface area contributed by atoms with Gasteiger partial charge in [-0.15, -0.1) is 0 Å². The third-order valence-electron chi connectivity index (χ3n) is 4.18. The number of hydrogen-bond donors (Lipinski definition) is 1. The van der Waals surface area contributed by atoms with Gasteiger partial charge in [0.05, 0.1) is 10.6 Å². The highest BCUT2D eigenvalue weighted by Crippen LogP contribution is 2.22. The van der Waals surface area contributed by atoms with Crippen LogP contribution in [0.25, 0.3) is 0 Å². The van der Waals surface area contributed by atoms with Crippen molar-refractivity contribution < 1.29 is 9.59 Å². The van der Waals surface area contributed by atoms with E-state index in [1.54, 1.807) is 31.2 Å². The van der Waals surface area contributed by atoms with Gasteiger partial charge in [-0.1, -0.05) is 43.0 Å². The van der Waals surface area contributed by atoms with E-state index in [0.717, 1.165) is 12.8 Å². The largest absolute Gasteiger partial charge is 0.350 e. The summed E-state index contributed by atoms with van der Waals surface area (Å²) in [7, 11) is 0. The lowest BCUT2D eigenvalue weighted by atomic mass is 9.94. The van der Waals surface area contributed by atoms with Gasteiger partial charge in [-0.2, -0.15) is 0 Å². The third kappa shape index (κ3) is 4.47. The average molecular weight is 323 g/mol. The number of amides is 2. The molecule has 5 heteroatoms. The van der Waals surface area contributed by atoms with Crippen molar-refractivity contribution in [3.05, 3.63) is 34.9 Å². The van der Waals surface area contributed by atoms with Crippen LogP contribution >= 0.6 is 11.6 Å². The molecule has 0 aromatic heterocycles. The average Bonchev–Trinajstić information content (AvgIpc) is 2.52. The fraction of sp³-hybridized carbons (Fsp3) is 0.529. The highest BCUT2D eigenvalue weighted by molar-refractivity contribution is 6.33. The van der Waals surface area contributed by atoms with Gasteiger partial charge in [0.15, 0.2) is 0 Å². The van der Waals surface area contributed by atoms with Gasteiger partial charge in [0.25, 0.3) is 5.91 Å². The first-order valence-corrected chi connectivity index (χ1v) is 8.27. The Kier molecular flexibility index (Phi) is 6.25. The van der Waals surface area contributed by atoms with Gasteiger partial charge < -0.3 is 10.2 Å². The number of carbonyl (C=O) groups excluding carboxylic acids is 2. The van der Waals surface area contributed by atoms with Crippen molar-refractivity contribution in [2.75, 3.05) is 13.1 Å². The Balaban J connectivity index is 1.86. The zero-order valence-electron chi connectivity index (χ0n) is 13.0. The zero-order chi connectivity index (χ0) is 15.9. The molecule has 2 amide bonds. The molecule has 0 spiro atoms. The molecule has 0 aliphatic heterocycles. The van der Waals surface area contributed by atoms with Gasteiger partial charge in [0.1, 0.15) is 0 Å². The lowest BCUT2D eigenvalue weighted by Gasteiger charge is -2.33. The topological polar surface area (TPSA) is 49.4 Å². The summed E-state index contributed by atoms with van der Waals surface area (Å²) in [5.74, 6) is -0.114. The number of benzene rings is 1. The molecule has 1 aliphatic rings. The van der Waals surface area contributed by atoms with Crippen molar-refractivity contribution >= 4 is 23.4 Å². The van der Waals surface area contributed by atoms with Crippen LogP contribution in [0.1, 0.15) is 49.4 Å². The third-order valence-corrected chi connectivity index (χ3v) is 4.51. The second kappa shape index (κ2) is 8.18. The van der Waals surface area contributed by atoms with Gasteiger partial charge in [-0.25, -0.2) is 0 Å². The summed E-state index contributed by atoms with van der Waals surface area (Å²) < 4.78 is 0. The van der Waals surface area contributed by atoms with Crippen molar-refractivity contribution in [2.24, 2.45) is 0 Å². The molecule has 0 radical (unpaired) electrons. The summed E-state index contributed by atoms with van der Waals surface area (Å²) in [5, 5.41) is 3.29. The van der Waals surface area contributed by atoms with E-state index in [2.05, 4.69) is 5.32 Å². The lowest BCUT2D eigenvalue weighted by molar-refractivity contribution is -0.131. The first kappa shape index (κ1) is 16.8. The molecule has 1 aromatic carbocycles. The molecule has 1 aromatic rings. The molecule has 0 unspecified atom stereocenters. The molecule has 0 bridgehead atoms. The maximum atomic E-state index is 12.1. The first-order valence-electron chi connectivity index (χ1n) is 7.89. The Morgan fingerprint density at radius 1 is 1.23 bits per heavy atom. The lowest BCUT2D eigenvalue weighted by Crippen LogP contribution is -2.44. The number of nitrogens with zero attached hydrogens (tertiary/aromatic N) is 1. The van der Waals surface area contributed by atoms with E-state index in [0.29, 0.717) is 29.7 Å². The Bertz CT molecular complexity index is 527. The Labute approximate surface area is 136 Å². The minimum Gasteiger partial charge on any atom is -0.350 e. The van der Waals surface area contributed by atoms with Gasteiger partial charge in [0, 0.05) is 26.1 Å². The Morgan fingerprint density at radius 3 is 2.55 bits per heavy atom. The van der Waals surface area contributed by atoms with E-state index < -0.39 is 0 Å². The molecule has 2 rings (SSSR count). The van der Waals surface area contributed by atoms with Crippen LogP contribution in [0, 0.1) is 0 Å². The van der Waals surface area contributed by atoms with E-state index in [4.69, 9.17) is 11.6 Å². The normalized spacial score (nSPS) is 15.4. The fourth-order valence-corrected chi connectivity index (χ4v) is 3.24. The minimum absolute atomic E-state index is 0.0823. The molecule has 1 N–H and O–H groups in total. The smallest absolute Gasteiger partial charge is 0.252 e.